The van der Waals surface area contributed by atoms with Crippen LogP contribution in [0.2, 0.25) is 0 Å². The van der Waals surface area contributed by atoms with Gasteiger partial charge in [-0.15, -0.1) is 10.2 Å². The summed E-state index contributed by atoms with van der Waals surface area (Å²) in [7, 11) is 0. The van der Waals surface area contributed by atoms with Crippen molar-refractivity contribution >= 4 is 35.1 Å². The van der Waals surface area contributed by atoms with Crippen LogP contribution in [0.25, 0.3) is 0 Å². The van der Waals surface area contributed by atoms with Crippen LogP contribution in [0.5, 0.6) is 11.5 Å². The molecule has 2 heterocycles. The molecule has 0 bridgehead atoms. The van der Waals surface area contributed by atoms with Crippen molar-refractivity contribution in [3.63, 3.8) is 0 Å². The first kappa shape index (κ1) is 20.6. The molecule has 0 saturated carbocycles. The van der Waals surface area contributed by atoms with E-state index >= 15 is 0 Å². The zero-order valence-corrected chi connectivity index (χ0v) is 18.3. The zero-order chi connectivity index (χ0) is 20.9. The quantitative estimate of drug-likeness (QED) is 0.539. The normalized spacial score (nSPS) is 12.8. The Bertz CT molecular complexity index is 1020. The minimum Gasteiger partial charge on any atom is -0.486 e. The molecule has 30 heavy (non-hydrogen) atoms. The van der Waals surface area contributed by atoms with E-state index in [2.05, 4.69) is 29.4 Å². The van der Waals surface area contributed by atoms with Gasteiger partial charge in [0.2, 0.25) is 5.91 Å². The second-order valence-corrected chi connectivity index (χ2v) is 8.92. The molecular formula is C21H22N4O3S2. The molecule has 0 fully saturated rings. The number of hydrogen-bond acceptors (Lipinski definition) is 7. The Morgan fingerprint density at radius 1 is 1.17 bits per heavy atom. The van der Waals surface area contributed by atoms with Crippen molar-refractivity contribution < 1.29 is 14.3 Å². The molecule has 3 aromatic rings. The molecule has 1 aliphatic heterocycles. The Kier molecular flexibility index (Phi) is 6.49. The molecular weight excluding hydrogens is 420 g/mol. The van der Waals surface area contributed by atoms with E-state index in [1.54, 1.807) is 18.1 Å². The highest BCUT2D eigenvalue weighted by Crippen LogP contribution is 2.42. The Labute approximate surface area is 183 Å². The number of carbonyl (C=O) groups is 1. The molecule has 156 valence electrons. The number of hydrogen-bond donors (Lipinski definition) is 1. The molecule has 1 aliphatic rings. The maximum absolute atomic E-state index is 12.7. The third kappa shape index (κ3) is 4.91. The molecule has 2 aromatic carbocycles. The molecule has 4 rings (SSSR count). The number of ether oxygens (including phenoxy) is 2. The number of nitrogens with zero attached hydrogens (tertiary/aromatic N) is 3. The molecule has 7 nitrogen and oxygen atoms in total. The molecule has 1 aromatic heterocycles. The predicted molar refractivity (Wildman–Crippen MR) is 118 cm³/mol. The minimum atomic E-state index is -0.120. The molecule has 0 atom stereocenters. The van der Waals surface area contributed by atoms with Crippen molar-refractivity contribution in [2.45, 2.75) is 34.8 Å². The summed E-state index contributed by atoms with van der Waals surface area (Å²) in [5.74, 6) is 1.44. The third-order valence-electron chi connectivity index (χ3n) is 4.32. The second-order valence-electron chi connectivity index (χ2n) is 6.86. The zero-order valence-electron chi connectivity index (χ0n) is 16.7. The number of thioether (sulfide) groups is 1. The third-order valence-corrected chi connectivity index (χ3v) is 6.34. The largest absolute Gasteiger partial charge is 0.486 e. The fourth-order valence-corrected chi connectivity index (χ4v) is 4.65. The van der Waals surface area contributed by atoms with Gasteiger partial charge in [-0.05, 0) is 26.0 Å². The summed E-state index contributed by atoms with van der Waals surface area (Å²) < 4.78 is 13.4. The van der Waals surface area contributed by atoms with E-state index < -0.39 is 0 Å². The fourth-order valence-electron chi connectivity index (χ4n) is 2.87. The highest BCUT2D eigenvalue weighted by Gasteiger charge is 2.19. The first-order chi connectivity index (χ1) is 14.6. The maximum atomic E-state index is 12.7. The van der Waals surface area contributed by atoms with Crippen LogP contribution in [-0.4, -0.2) is 39.6 Å². The highest BCUT2D eigenvalue weighted by atomic mass is 32.2. The lowest BCUT2D eigenvalue weighted by atomic mass is 10.2. The number of anilines is 1. The van der Waals surface area contributed by atoms with E-state index in [0.29, 0.717) is 30.4 Å². The van der Waals surface area contributed by atoms with Crippen LogP contribution < -0.4 is 14.8 Å². The van der Waals surface area contributed by atoms with E-state index in [-0.39, 0.29) is 17.7 Å². The van der Waals surface area contributed by atoms with Crippen LogP contribution in [0.1, 0.15) is 19.9 Å². The Balaban J connectivity index is 1.51. The number of carbonyl (C=O) groups excluding carboxylic acids is 1. The first-order valence-corrected chi connectivity index (χ1v) is 11.4. The number of rotatable bonds is 7. The Morgan fingerprint density at radius 3 is 2.63 bits per heavy atom. The smallest absolute Gasteiger partial charge is 0.234 e. The van der Waals surface area contributed by atoms with Gasteiger partial charge >= 0.3 is 0 Å². The SMILES string of the molecule is CC(C)n1cnnc1SCC(=O)Nc1cc2c(cc1Sc1ccccc1)OCCO2. The van der Waals surface area contributed by atoms with Crippen molar-refractivity contribution in [3.05, 3.63) is 48.8 Å². The summed E-state index contributed by atoms with van der Waals surface area (Å²) in [5, 5.41) is 11.8. The lowest BCUT2D eigenvalue weighted by molar-refractivity contribution is -0.113. The average molecular weight is 443 g/mol. The van der Waals surface area contributed by atoms with Gasteiger partial charge in [0.25, 0.3) is 0 Å². The van der Waals surface area contributed by atoms with Gasteiger partial charge in [0.15, 0.2) is 16.7 Å². The summed E-state index contributed by atoms with van der Waals surface area (Å²) in [6.07, 6.45) is 1.68. The van der Waals surface area contributed by atoms with E-state index in [0.717, 1.165) is 14.9 Å². The maximum Gasteiger partial charge on any atom is 0.234 e. The van der Waals surface area contributed by atoms with Crippen molar-refractivity contribution in [1.82, 2.24) is 14.8 Å². The lowest BCUT2D eigenvalue weighted by Crippen LogP contribution is -2.18. The summed E-state index contributed by atoms with van der Waals surface area (Å²) in [4.78, 5) is 14.7. The van der Waals surface area contributed by atoms with Gasteiger partial charge < -0.3 is 19.4 Å². The number of aromatic nitrogens is 3. The molecule has 0 radical (unpaired) electrons. The molecule has 0 saturated heterocycles. The standard InChI is InChI=1S/C21H22N4O3S2/c1-14(2)25-13-22-24-21(25)29-12-20(26)23-16-10-17-18(28-9-8-27-17)11-19(16)30-15-6-4-3-5-7-15/h3-7,10-11,13-14H,8-9,12H2,1-2H3,(H,23,26). The molecule has 1 N–H and O–H groups in total. The summed E-state index contributed by atoms with van der Waals surface area (Å²) in [6.45, 7) is 5.11. The predicted octanol–water partition coefficient (Wildman–Crippen LogP) is 4.51. The van der Waals surface area contributed by atoms with Crippen LogP contribution >= 0.6 is 23.5 Å². The van der Waals surface area contributed by atoms with Crippen molar-refractivity contribution in [3.8, 4) is 11.5 Å². The molecule has 9 heteroatoms. The number of fused-ring (bicyclic) bond motifs is 1. The average Bonchev–Trinajstić information content (AvgIpc) is 3.22. The van der Waals surface area contributed by atoms with Gasteiger partial charge in [0.05, 0.1) is 11.4 Å². The van der Waals surface area contributed by atoms with Crippen LogP contribution in [0.15, 0.2) is 63.7 Å². The van der Waals surface area contributed by atoms with Gasteiger partial charge in [-0.1, -0.05) is 41.7 Å². The monoisotopic (exact) mass is 442 g/mol. The first-order valence-electron chi connectivity index (χ1n) is 9.59. The van der Waals surface area contributed by atoms with Crippen molar-refractivity contribution in [2.24, 2.45) is 0 Å². The van der Waals surface area contributed by atoms with Gasteiger partial charge in [0, 0.05) is 28.0 Å². The number of amides is 1. The summed E-state index contributed by atoms with van der Waals surface area (Å²) >= 11 is 2.93. The van der Waals surface area contributed by atoms with E-state index in [9.17, 15) is 4.79 Å². The minimum absolute atomic E-state index is 0.120. The fraction of sp³-hybridized carbons (Fsp3) is 0.286. The van der Waals surface area contributed by atoms with E-state index in [1.165, 1.54) is 11.8 Å². The lowest BCUT2D eigenvalue weighted by Gasteiger charge is -2.21. The molecule has 1 amide bonds. The number of benzene rings is 2. The van der Waals surface area contributed by atoms with E-state index in [4.69, 9.17) is 9.47 Å². The van der Waals surface area contributed by atoms with Crippen LogP contribution in [0.4, 0.5) is 5.69 Å². The Morgan fingerprint density at radius 2 is 1.90 bits per heavy atom. The van der Waals surface area contributed by atoms with Crippen molar-refractivity contribution in [2.75, 3.05) is 24.3 Å². The van der Waals surface area contributed by atoms with Crippen LogP contribution in [0.3, 0.4) is 0 Å². The van der Waals surface area contributed by atoms with Gasteiger partial charge in [-0.3, -0.25) is 4.79 Å². The van der Waals surface area contributed by atoms with Gasteiger partial charge in [-0.2, -0.15) is 0 Å². The second kappa shape index (κ2) is 9.44. The van der Waals surface area contributed by atoms with Crippen LogP contribution in [-0.2, 0) is 4.79 Å². The van der Waals surface area contributed by atoms with E-state index in [1.807, 2.05) is 47.0 Å². The topological polar surface area (TPSA) is 78.3 Å². The Hall–Kier alpha value is -2.65. The van der Waals surface area contributed by atoms with Crippen LogP contribution in [0, 0.1) is 0 Å². The highest BCUT2D eigenvalue weighted by molar-refractivity contribution is 8.00. The number of nitrogens with one attached hydrogen (secondary N) is 1. The van der Waals surface area contributed by atoms with Gasteiger partial charge in [0.1, 0.15) is 19.5 Å². The molecule has 0 unspecified atom stereocenters. The summed E-state index contributed by atoms with van der Waals surface area (Å²) in [5.41, 5.74) is 0.698. The van der Waals surface area contributed by atoms with Crippen molar-refractivity contribution in [1.29, 1.82) is 0 Å². The molecule has 0 aliphatic carbocycles. The summed E-state index contributed by atoms with van der Waals surface area (Å²) in [6, 6.07) is 14.0. The molecule has 0 spiro atoms. The van der Waals surface area contributed by atoms with Gasteiger partial charge in [-0.25, -0.2) is 0 Å².